The van der Waals surface area contributed by atoms with Crippen LogP contribution in [0.2, 0.25) is 0 Å². The van der Waals surface area contributed by atoms with E-state index in [1.165, 1.54) is 19.3 Å². The zero-order valence-corrected chi connectivity index (χ0v) is 12.2. The van der Waals surface area contributed by atoms with Gasteiger partial charge in [0.15, 0.2) is 0 Å². The molecule has 1 aliphatic rings. The average molecular weight is 299 g/mol. The minimum atomic E-state index is -1.55. The van der Waals surface area contributed by atoms with Crippen molar-refractivity contribution >= 4 is 40.7 Å². The van der Waals surface area contributed by atoms with Gasteiger partial charge in [-0.3, -0.25) is 0 Å². The molecule has 5 heteroatoms. The Kier molecular flexibility index (Phi) is 6.68. The predicted molar refractivity (Wildman–Crippen MR) is 75.4 cm³/mol. The lowest BCUT2D eigenvalue weighted by molar-refractivity contribution is 0.264. The van der Waals surface area contributed by atoms with Gasteiger partial charge in [-0.1, -0.05) is 66.7 Å². The van der Waals surface area contributed by atoms with E-state index in [9.17, 15) is 0 Å². The van der Waals surface area contributed by atoms with E-state index in [0.29, 0.717) is 6.61 Å². The number of rotatable bonds is 5. The summed E-state index contributed by atoms with van der Waals surface area (Å²) in [5.74, 6) is 0.206. The molecule has 0 radical (unpaired) electrons. The number of ether oxygens (including phenoxy) is 1. The van der Waals surface area contributed by atoms with Gasteiger partial charge >= 0.3 is 0 Å². The Morgan fingerprint density at radius 1 is 1.41 bits per heavy atom. The normalized spacial score (nSPS) is 21.4. The minimum absolute atomic E-state index is 0.0796. The van der Waals surface area contributed by atoms with Crippen LogP contribution >= 0.6 is 34.8 Å². The Hall–Kier alpha value is 0.0800. The second-order valence-corrected chi connectivity index (χ2v) is 6.34. The molecule has 0 aromatic heterocycles. The van der Waals surface area contributed by atoms with Crippen molar-refractivity contribution in [1.82, 2.24) is 0 Å². The van der Waals surface area contributed by atoms with Gasteiger partial charge in [0.25, 0.3) is 3.79 Å². The van der Waals surface area contributed by atoms with Crippen LogP contribution in [0.25, 0.3) is 0 Å². The van der Waals surface area contributed by atoms with Crippen LogP contribution in [0.15, 0.2) is 17.1 Å². The lowest BCUT2D eigenvalue weighted by Gasteiger charge is -2.22. The maximum absolute atomic E-state index is 5.73. The Morgan fingerprint density at radius 3 is 2.82 bits per heavy atom. The standard InChI is InChI=1S/C12H18Cl3NO/c1-2-3-4-5-6-7-10-8-9-17-11(16-10)12(13,14)15/h6-7,10H,2-5,8-9H2,1H3/b7-6+. The van der Waals surface area contributed by atoms with Crippen LogP contribution in [0.5, 0.6) is 0 Å². The number of alkyl halides is 3. The van der Waals surface area contributed by atoms with Gasteiger partial charge in [-0.05, 0) is 12.8 Å². The molecule has 0 aromatic carbocycles. The van der Waals surface area contributed by atoms with Crippen molar-refractivity contribution in [1.29, 1.82) is 0 Å². The van der Waals surface area contributed by atoms with Crippen molar-refractivity contribution in [2.75, 3.05) is 6.61 Å². The van der Waals surface area contributed by atoms with Gasteiger partial charge in [0.2, 0.25) is 5.90 Å². The molecular weight excluding hydrogens is 280 g/mol. The second kappa shape index (κ2) is 7.50. The highest BCUT2D eigenvalue weighted by Gasteiger charge is 2.32. The van der Waals surface area contributed by atoms with Crippen LogP contribution in [-0.2, 0) is 4.74 Å². The maximum atomic E-state index is 5.73. The fourth-order valence-electron chi connectivity index (χ4n) is 1.59. The molecule has 0 saturated heterocycles. The number of allylic oxidation sites excluding steroid dienone is 1. The first-order valence-electron chi connectivity index (χ1n) is 5.98. The van der Waals surface area contributed by atoms with Crippen LogP contribution in [0.3, 0.4) is 0 Å². The molecule has 0 amide bonds. The van der Waals surface area contributed by atoms with Gasteiger partial charge in [0.05, 0.1) is 12.6 Å². The first-order valence-corrected chi connectivity index (χ1v) is 7.12. The number of aliphatic imine (C=N–C) groups is 1. The third-order valence-corrected chi connectivity index (χ3v) is 3.00. The molecule has 1 atom stereocenters. The van der Waals surface area contributed by atoms with Gasteiger partial charge in [-0.15, -0.1) is 0 Å². The summed E-state index contributed by atoms with van der Waals surface area (Å²) in [5.41, 5.74) is 0. The van der Waals surface area contributed by atoms with Crippen molar-refractivity contribution in [2.24, 2.45) is 4.99 Å². The molecule has 1 aliphatic heterocycles. The molecule has 17 heavy (non-hydrogen) atoms. The molecule has 0 bridgehead atoms. The molecule has 0 fully saturated rings. The number of halogens is 3. The van der Waals surface area contributed by atoms with Crippen molar-refractivity contribution in [3.05, 3.63) is 12.2 Å². The molecule has 1 heterocycles. The lowest BCUT2D eigenvalue weighted by atomic mass is 10.1. The lowest BCUT2D eigenvalue weighted by Crippen LogP contribution is -2.29. The number of nitrogens with zero attached hydrogens (tertiary/aromatic N) is 1. The highest BCUT2D eigenvalue weighted by atomic mass is 35.6. The molecule has 98 valence electrons. The summed E-state index contributed by atoms with van der Waals surface area (Å²) >= 11 is 17.2. The Bertz CT molecular complexity index is 284. The van der Waals surface area contributed by atoms with E-state index < -0.39 is 3.79 Å². The molecular formula is C12H18Cl3NO. The quantitative estimate of drug-likeness (QED) is 0.410. The summed E-state index contributed by atoms with van der Waals surface area (Å²) in [4.78, 5) is 4.28. The monoisotopic (exact) mass is 297 g/mol. The van der Waals surface area contributed by atoms with Crippen LogP contribution in [0.1, 0.15) is 39.0 Å². The Balaban J connectivity index is 2.43. The van der Waals surface area contributed by atoms with Crippen molar-refractivity contribution in [3.8, 4) is 0 Å². The number of hydrogen-bond acceptors (Lipinski definition) is 2. The average Bonchev–Trinajstić information content (AvgIpc) is 2.28. The van der Waals surface area contributed by atoms with E-state index in [-0.39, 0.29) is 11.9 Å². The summed E-state index contributed by atoms with van der Waals surface area (Å²) in [5, 5.41) is 0. The van der Waals surface area contributed by atoms with Crippen LogP contribution in [0, 0.1) is 0 Å². The van der Waals surface area contributed by atoms with E-state index >= 15 is 0 Å². The van der Waals surface area contributed by atoms with Gasteiger partial charge in [-0.25, -0.2) is 4.99 Å². The molecule has 0 aromatic rings. The van der Waals surface area contributed by atoms with Crippen LogP contribution in [0.4, 0.5) is 0 Å². The smallest absolute Gasteiger partial charge is 0.266 e. The fraction of sp³-hybridized carbons (Fsp3) is 0.750. The molecule has 0 spiro atoms. The summed E-state index contributed by atoms with van der Waals surface area (Å²) in [6.45, 7) is 2.75. The second-order valence-electron chi connectivity index (χ2n) is 4.06. The topological polar surface area (TPSA) is 21.6 Å². The zero-order valence-electron chi connectivity index (χ0n) is 9.96. The van der Waals surface area contributed by atoms with Gasteiger partial charge in [-0.2, -0.15) is 0 Å². The largest absolute Gasteiger partial charge is 0.478 e. The molecule has 1 unspecified atom stereocenters. The highest BCUT2D eigenvalue weighted by Crippen LogP contribution is 2.30. The van der Waals surface area contributed by atoms with E-state index in [4.69, 9.17) is 39.5 Å². The predicted octanol–water partition coefficient (Wildman–Crippen LogP) is 4.68. The van der Waals surface area contributed by atoms with E-state index in [1.807, 2.05) is 0 Å². The van der Waals surface area contributed by atoms with Gasteiger partial charge in [0, 0.05) is 6.42 Å². The van der Waals surface area contributed by atoms with Gasteiger partial charge in [0.1, 0.15) is 0 Å². The molecule has 1 rings (SSSR count). The molecule has 2 nitrogen and oxygen atoms in total. The summed E-state index contributed by atoms with van der Waals surface area (Å²) in [7, 11) is 0. The van der Waals surface area contributed by atoms with Crippen molar-refractivity contribution in [3.63, 3.8) is 0 Å². The van der Waals surface area contributed by atoms with E-state index in [0.717, 1.165) is 12.8 Å². The van der Waals surface area contributed by atoms with E-state index in [2.05, 4.69) is 24.1 Å². The summed E-state index contributed by atoms with van der Waals surface area (Å²) < 4.78 is 3.69. The molecule has 0 N–H and O–H groups in total. The number of hydrogen-bond donors (Lipinski definition) is 0. The maximum Gasteiger partial charge on any atom is 0.266 e. The third kappa shape index (κ3) is 5.98. The first-order chi connectivity index (χ1) is 8.04. The molecule has 0 saturated carbocycles. The van der Waals surface area contributed by atoms with E-state index in [1.54, 1.807) is 0 Å². The first kappa shape index (κ1) is 15.1. The fourth-order valence-corrected chi connectivity index (χ4v) is 1.90. The summed E-state index contributed by atoms with van der Waals surface area (Å²) in [6, 6.07) is 0.0796. The van der Waals surface area contributed by atoms with Crippen molar-refractivity contribution < 1.29 is 4.74 Å². The van der Waals surface area contributed by atoms with Crippen LogP contribution < -0.4 is 0 Å². The van der Waals surface area contributed by atoms with Crippen molar-refractivity contribution in [2.45, 2.75) is 48.9 Å². The molecule has 0 aliphatic carbocycles. The highest BCUT2D eigenvalue weighted by molar-refractivity contribution is 6.76. The van der Waals surface area contributed by atoms with Gasteiger partial charge < -0.3 is 4.74 Å². The summed E-state index contributed by atoms with van der Waals surface area (Å²) in [6.07, 6.45) is 9.89. The minimum Gasteiger partial charge on any atom is -0.478 e. The third-order valence-electron chi connectivity index (χ3n) is 2.51. The Labute approximate surface area is 118 Å². The number of unbranched alkanes of at least 4 members (excludes halogenated alkanes) is 3. The Morgan fingerprint density at radius 2 is 2.18 bits per heavy atom. The SMILES string of the molecule is CCCCC/C=C/C1CCOC(C(Cl)(Cl)Cl)=N1. The van der Waals surface area contributed by atoms with Crippen LogP contribution in [-0.4, -0.2) is 22.3 Å². The zero-order chi connectivity index (χ0) is 12.7.